The maximum atomic E-state index is 6.23. The summed E-state index contributed by atoms with van der Waals surface area (Å²) in [6.45, 7) is 8.89. The van der Waals surface area contributed by atoms with Crippen molar-refractivity contribution in [1.82, 2.24) is 9.88 Å². The number of anilines is 1. The molecule has 2 fully saturated rings. The molecule has 1 aromatic carbocycles. The van der Waals surface area contributed by atoms with Crippen LogP contribution in [0.5, 0.6) is 11.5 Å². The summed E-state index contributed by atoms with van der Waals surface area (Å²) in [4.78, 5) is 7.82. The van der Waals surface area contributed by atoms with Crippen LogP contribution in [0.3, 0.4) is 0 Å². The number of methoxy groups -OCH3 is 1. The molecule has 5 nitrogen and oxygen atoms in total. The summed E-state index contributed by atoms with van der Waals surface area (Å²) in [7, 11) is 1.74. The van der Waals surface area contributed by atoms with Crippen LogP contribution in [0, 0.1) is 0 Å². The van der Waals surface area contributed by atoms with Crippen LogP contribution in [0.1, 0.15) is 82.4 Å². The maximum Gasteiger partial charge on any atom is 0.163 e. The molecule has 0 atom stereocenters. The lowest BCUT2D eigenvalue weighted by molar-refractivity contribution is 0.254. The second-order valence-electron chi connectivity index (χ2n) is 10.6. The largest absolute Gasteiger partial charge is 0.493 e. The first-order valence-electron chi connectivity index (χ1n) is 12.7. The van der Waals surface area contributed by atoms with Gasteiger partial charge in [0.25, 0.3) is 0 Å². The molecule has 0 unspecified atom stereocenters. The van der Waals surface area contributed by atoms with Gasteiger partial charge in [-0.1, -0.05) is 19.3 Å². The van der Waals surface area contributed by atoms with Gasteiger partial charge in [-0.2, -0.15) is 0 Å². The van der Waals surface area contributed by atoms with Crippen LogP contribution in [0.4, 0.5) is 5.69 Å². The first-order chi connectivity index (χ1) is 15.5. The topological polar surface area (TPSA) is 46.6 Å². The number of ether oxygens (including phenoxy) is 2. The Kier molecular flexibility index (Phi) is 6.20. The fraction of sp³-hybridized carbons (Fsp3) is 0.667. The first kappa shape index (κ1) is 21.8. The molecular formula is C27H39N3O2. The van der Waals surface area contributed by atoms with E-state index in [1.54, 1.807) is 7.11 Å². The van der Waals surface area contributed by atoms with Crippen molar-refractivity contribution in [1.29, 1.82) is 0 Å². The zero-order valence-electron chi connectivity index (χ0n) is 20.1. The van der Waals surface area contributed by atoms with E-state index in [1.807, 2.05) is 0 Å². The van der Waals surface area contributed by atoms with Gasteiger partial charge in [-0.3, -0.25) is 4.98 Å². The molecule has 2 aliphatic heterocycles. The van der Waals surface area contributed by atoms with Gasteiger partial charge in [0.15, 0.2) is 11.5 Å². The summed E-state index contributed by atoms with van der Waals surface area (Å²) in [5.74, 6) is 2.21. The number of hydrogen-bond acceptors (Lipinski definition) is 5. The van der Waals surface area contributed by atoms with Gasteiger partial charge in [0.2, 0.25) is 0 Å². The van der Waals surface area contributed by atoms with E-state index in [4.69, 9.17) is 14.5 Å². The summed E-state index contributed by atoms with van der Waals surface area (Å²) >= 11 is 0. The average molecular weight is 438 g/mol. The second-order valence-corrected chi connectivity index (χ2v) is 10.6. The standard InChI is InChI=1S/C27H39N3O2/c1-27(2)18-21-25(19-10-5-4-6-11-19)28-22-17-24(23(31-3)16-20(22)26(21)29-27)32-15-9-14-30-12-7-8-13-30/h16-17,19,29H,4-15,18H2,1-3H3. The van der Waals surface area contributed by atoms with E-state index in [1.165, 1.54) is 75.0 Å². The summed E-state index contributed by atoms with van der Waals surface area (Å²) in [5.41, 5.74) is 5.11. The number of benzene rings is 1. The molecule has 1 aromatic heterocycles. The predicted octanol–water partition coefficient (Wildman–Crippen LogP) is 5.90. The van der Waals surface area contributed by atoms with Crippen molar-refractivity contribution in [2.75, 3.05) is 38.7 Å². The molecule has 0 radical (unpaired) electrons. The SMILES string of the molecule is COc1cc2c3c(c(C4CCCCC4)nc2cc1OCCCN1CCCC1)CC(C)(C)N3. The number of nitrogens with one attached hydrogen (secondary N) is 1. The van der Waals surface area contributed by atoms with Crippen LogP contribution in [-0.2, 0) is 6.42 Å². The monoisotopic (exact) mass is 437 g/mol. The Morgan fingerprint density at radius 3 is 2.59 bits per heavy atom. The lowest BCUT2D eigenvalue weighted by atomic mass is 9.83. The number of aromatic nitrogens is 1. The minimum atomic E-state index is 0.0553. The number of rotatable bonds is 7. The van der Waals surface area contributed by atoms with Gasteiger partial charge < -0.3 is 19.7 Å². The average Bonchev–Trinajstić information content (AvgIpc) is 3.43. The number of fused-ring (bicyclic) bond motifs is 3. The molecule has 1 saturated heterocycles. The van der Waals surface area contributed by atoms with E-state index in [2.05, 4.69) is 36.2 Å². The van der Waals surface area contributed by atoms with Gasteiger partial charge in [-0.15, -0.1) is 0 Å². The fourth-order valence-corrected chi connectivity index (χ4v) is 5.94. The van der Waals surface area contributed by atoms with Crippen molar-refractivity contribution < 1.29 is 9.47 Å². The van der Waals surface area contributed by atoms with Gasteiger partial charge in [0.05, 0.1) is 19.2 Å². The summed E-state index contributed by atoms with van der Waals surface area (Å²) < 4.78 is 12.0. The lowest BCUT2D eigenvalue weighted by Gasteiger charge is -2.24. The highest BCUT2D eigenvalue weighted by molar-refractivity contribution is 5.97. The van der Waals surface area contributed by atoms with Gasteiger partial charge >= 0.3 is 0 Å². The molecule has 1 saturated carbocycles. The molecule has 0 amide bonds. The van der Waals surface area contributed by atoms with Crippen molar-refractivity contribution in [3.05, 3.63) is 23.4 Å². The third-order valence-electron chi connectivity index (χ3n) is 7.55. The molecule has 3 aliphatic rings. The molecular weight excluding hydrogens is 398 g/mol. The van der Waals surface area contributed by atoms with Gasteiger partial charge in [-0.05, 0) is 71.5 Å². The van der Waals surface area contributed by atoms with Crippen molar-refractivity contribution in [3.63, 3.8) is 0 Å². The van der Waals surface area contributed by atoms with E-state index in [9.17, 15) is 0 Å². The fourth-order valence-electron chi connectivity index (χ4n) is 5.94. The van der Waals surface area contributed by atoms with Crippen molar-refractivity contribution in [3.8, 4) is 11.5 Å². The van der Waals surface area contributed by atoms with Crippen LogP contribution in [0.2, 0.25) is 0 Å². The Morgan fingerprint density at radius 1 is 1.06 bits per heavy atom. The highest BCUT2D eigenvalue weighted by atomic mass is 16.5. The second kappa shape index (κ2) is 9.09. The Morgan fingerprint density at radius 2 is 1.84 bits per heavy atom. The van der Waals surface area contributed by atoms with Crippen LogP contribution in [-0.4, -0.2) is 48.8 Å². The van der Waals surface area contributed by atoms with E-state index < -0.39 is 0 Å². The van der Waals surface area contributed by atoms with Crippen molar-refractivity contribution in [2.45, 2.75) is 83.1 Å². The first-order valence-corrected chi connectivity index (χ1v) is 12.7. The summed E-state index contributed by atoms with van der Waals surface area (Å²) in [5, 5.41) is 4.97. The zero-order chi connectivity index (χ0) is 22.1. The highest BCUT2D eigenvalue weighted by Crippen LogP contribution is 2.46. The molecule has 0 bridgehead atoms. The lowest BCUT2D eigenvalue weighted by Crippen LogP contribution is -2.27. The van der Waals surface area contributed by atoms with E-state index in [0.29, 0.717) is 12.5 Å². The smallest absolute Gasteiger partial charge is 0.163 e. The Bertz CT molecular complexity index is 959. The third kappa shape index (κ3) is 4.41. The molecule has 1 N–H and O–H groups in total. The number of hydrogen-bond donors (Lipinski definition) is 1. The van der Waals surface area contributed by atoms with E-state index in [0.717, 1.165) is 41.8 Å². The summed E-state index contributed by atoms with van der Waals surface area (Å²) in [6, 6.07) is 4.25. The molecule has 1 aliphatic carbocycles. The van der Waals surface area contributed by atoms with Crippen LogP contribution in [0.25, 0.3) is 10.9 Å². The van der Waals surface area contributed by atoms with Gasteiger partial charge in [-0.25, -0.2) is 0 Å². The minimum absolute atomic E-state index is 0.0553. The Balaban J connectivity index is 1.45. The van der Waals surface area contributed by atoms with Crippen LogP contribution >= 0.6 is 0 Å². The highest BCUT2D eigenvalue weighted by Gasteiger charge is 2.34. The quantitative estimate of drug-likeness (QED) is 0.546. The predicted molar refractivity (Wildman–Crippen MR) is 131 cm³/mol. The van der Waals surface area contributed by atoms with E-state index in [-0.39, 0.29) is 5.54 Å². The molecule has 174 valence electrons. The molecule has 5 heteroatoms. The van der Waals surface area contributed by atoms with Crippen LogP contribution < -0.4 is 14.8 Å². The third-order valence-corrected chi connectivity index (χ3v) is 7.55. The van der Waals surface area contributed by atoms with Gasteiger partial charge in [0, 0.05) is 46.4 Å². The minimum Gasteiger partial charge on any atom is -0.493 e. The number of pyridine rings is 1. The molecule has 2 aromatic rings. The zero-order valence-corrected chi connectivity index (χ0v) is 20.1. The molecule has 3 heterocycles. The Labute approximate surface area is 192 Å². The van der Waals surface area contributed by atoms with Crippen LogP contribution in [0.15, 0.2) is 12.1 Å². The van der Waals surface area contributed by atoms with Crippen molar-refractivity contribution in [2.24, 2.45) is 0 Å². The normalized spacial score (nSPS) is 21.0. The molecule has 5 rings (SSSR count). The maximum absolute atomic E-state index is 6.23. The summed E-state index contributed by atoms with van der Waals surface area (Å²) in [6.07, 6.45) is 11.3. The number of nitrogens with zero attached hydrogens (tertiary/aromatic N) is 2. The van der Waals surface area contributed by atoms with Crippen molar-refractivity contribution >= 4 is 16.6 Å². The number of likely N-dealkylation sites (tertiary alicyclic amines) is 1. The van der Waals surface area contributed by atoms with Gasteiger partial charge in [0.1, 0.15) is 0 Å². The Hall–Kier alpha value is -2.01. The molecule has 0 spiro atoms. The molecule has 32 heavy (non-hydrogen) atoms. The van der Waals surface area contributed by atoms with E-state index >= 15 is 0 Å².